The number of hydrogen-bond donors (Lipinski definition) is 0. The number of rotatable bonds is 2. The van der Waals surface area contributed by atoms with Gasteiger partial charge in [-0.2, -0.15) is 0 Å². The van der Waals surface area contributed by atoms with E-state index in [0.29, 0.717) is 11.2 Å². The molecule has 0 N–H and O–H groups in total. The summed E-state index contributed by atoms with van der Waals surface area (Å²) in [5, 5.41) is 0. The lowest BCUT2D eigenvalue weighted by Gasteiger charge is -2.22. The van der Waals surface area contributed by atoms with Crippen LogP contribution in [-0.2, 0) is 9.53 Å². The molecule has 0 spiro atoms. The highest BCUT2D eigenvalue weighted by Gasteiger charge is 2.16. The first-order valence-electron chi connectivity index (χ1n) is 5.03. The van der Waals surface area contributed by atoms with Gasteiger partial charge in [0.05, 0.1) is 0 Å². The number of carbonyl (C=O) groups is 1. The van der Waals surface area contributed by atoms with Crippen molar-refractivity contribution in [2.75, 3.05) is 6.61 Å². The summed E-state index contributed by atoms with van der Waals surface area (Å²) in [6.45, 7) is 1.58. The highest BCUT2D eigenvalue weighted by molar-refractivity contribution is 6.34. The van der Waals surface area contributed by atoms with E-state index >= 15 is 0 Å². The van der Waals surface area contributed by atoms with Crippen LogP contribution in [0.25, 0.3) is 6.08 Å². The van der Waals surface area contributed by atoms with Crippen molar-refractivity contribution in [2.24, 2.45) is 0 Å². The molecule has 1 aliphatic rings. The SMILES string of the molecule is [B]c1cccc2c1OC(COC(C)=O)C=C2. The lowest BCUT2D eigenvalue weighted by Crippen LogP contribution is -2.27. The molecule has 2 radical (unpaired) electrons. The highest BCUT2D eigenvalue weighted by Crippen LogP contribution is 2.23. The molecule has 0 aliphatic carbocycles. The molecular formula is C12H11BO3. The summed E-state index contributed by atoms with van der Waals surface area (Å²) in [6, 6.07) is 5.57. The Morgan fingerprint density at radius 2 is 2.38 bits per heavy atom. The predicted molar refractivity (Wildman–Crippen MR) is 61.9 cm³/mol. The lowest BCUT2D eigenvalue weighted by molar-refractivity contribution is -0.142. The van der Waals surface area contributed by atoms with E-state index in [2.05, 4.69) is 0 Å². The fraction of sp³-hybridized carbons (Fsp3) is 0.250. The third kappa shape index (κ3) is 2.27. The maximum absolute atomic E-state index is 10.7. The van der Waals surface area contributed by atoms with Gasteiger partial charge in [-0.1, -0.05) is 29.7 Å². The van der Waals surface area contributed by atoms with E-state index in [1.165, 1.54) is 6.92 Å². The molecule has 1 atom stereocenters. The zero-order valence-electron chi connectivity index (χ0n) is 8.97. The van der Waals surface area contributed by atoms with Gasteiger partial charge in [0.15, 0.2) is 6.10 Å². The zero-order valence-corrected chi connectivity index (χ0v) is 8.97. The van der Waals surface area contributed by atoms with E-state index in [4.69, 9.17) is 17.3 Å². The van der Waals surface area contributed by atoms with Gasteiger partial charge >= 0.3 is 5.97 Å². The molecular weight excluding hydrogens is 203 g/mol. The lowest BCUT2D eigenvalue weighted by atomic mass is 9.91. The molecule has 1 unspecified atom stereocenters. The summed E-state index contributed by atoms with van der Waals surface area (Å²) in [6.07, 6.45) is 3.51. The van der Waals surface area contributed by atoms with E-state index < -0.39 is 0 Å². The van der Waals surface area contributed by atoms with Gasteiger partial charge in [0.2, 0.25) is 0 Å². The van der Waals surface area contributed by atoms with Crippen LogP contribution in [0, 0.1) is 0 Å². The molecule has 80 valence electrons. The first kappa shape index (κ1) is 10.8. The Morgan fingerprint density at radius 3 is 3.12 bits per heavy atom. The van der Waals surface area contributed by atoms with Gasteiger partial charge in [-0.15, -0.1) is 0 Å². The minimum absolute atomic E-state index is 0.208. The molecule has 0 fully saturated rings. The Balaban J connectivity index is 2.11. The Kier molecular flexibility index (Phi) is 2.99. The minimum atomic E-state index is -0.316. The van der Waals surface area contributed by atoms with Crippen molar-refractivity contribution in [2.45, 2.75) is 13.0 Å². The minimum Gasteiger partial charge on any atom is -0.483 e. The molecule has 0 saturated carbocycles. The second-order valence-corrected chi connectivity index (χ2v) is 3.58. The Morgan fingerprint density at radius 1 is 1.56 bits per heavy atom. The van der Waals surface area contributed by atoms with E-state index in [-0.39, 0.29) is 18.7 Å². The van der Waals surface area contributed by atoms with Crippen LogP contribution in [0.5, 0.6) is 5.75 Å². The number of para-hydroxylation sites is 1. The molecule has 1 heterocycles. The molecule has 1 aromatic rings. The first-order chi connectivity index (χ1) is 7.66. The third-order valence-corrected chi connectivity index (χ3v) is 2.29. The normalized spacial score (nSPS) is 17.4. The fourth-order valence-corrected chi connectivity index (χ4v) is 1.53. The number of ether oxygens (including phenoxy) is 2. The average molecular weight is 214 g/mol. The van der Waals surface area contributed by atoms with Gasteiger partial charge in [0.1, 0.15) is 20.2 Å². The largest absolute Gasteiger partial charge is 0.483 e. The summed E-state index contributed by atoms with van der Waals surface area (Å²) < 4.78 is 10.5. The van der Waals surface area contributed by atoms with Crippen molar-refractivity contribution < 1.29 is 14.3 Å². The molecule has 1 aromatic carbocycles. The smallest absolute Gasteiger partial charge is 0.302 e. The van der Waals surface area contributed by atoms with Gasteiger partial charge in [0.25, 0.3) is 0 Å². The van der Waals surface area contributed by atoms with Gasteiger partial charge in [-0.3, -0.25) is 4.79 Å². The number of esters is 1. The zero-order chi connectivity index (χ0) is 11.5. The number of hydrogen-bond acceptors (Lipinski definition) is 3. The van der Waals surface area contributed by atoms with Crippen molar-refractivity contribution in [3.05, 3.63) is 29.8 Å². The van der Waals surface area contributed by atoms with Crippen molar-refractivity contribution >= 4 is 25.4 Å². The van der Waals surface area contributed by atoms with Gasteiger partial charge < -0.3 is 9.47 Å². The number of fused-ring (bicyclic) bond motifs is 1. The van der Waals surface area contributed by atoms with Crippen LogP contribution < -0.4 is 10.2 Å². The monoisotopic (exact) mass is 214 g/mol. The topological polar surface area (TPSA) is 35.5 Å². The van der Waals surface area contributed by atoms with Gasteiger partial charge in [0, 0.05) is 12.5 Å². The van der Waals surface area contributed by atoms with Gasteiger partial charge in [-0.05, 0) is 6.08 Å². The Bertz CT molecular complexity index is 440. The van der Waals surface area contributed by atoms with Crippen LogP contribution in [0.3, 0.4) is 0 Å². The summed E-state index contributed by atoms with van der Waals surface area (Å²) in [5.74, 6) is 0.339. The van der Waals surface area contributed by atoms with Crippen molar-refractivity contribution in [3.63, 3.8) is 0 Å². The average Bonchev–Trinajstić information content (AvgIpc) is 2.27. The molecule has 16 heavy (non-hydrogen) atoms. The molecule has 1 aliphatic heterocycles. The maximum Gasteiger partial charge on any atom is 0.302 e. The van der Waals surface area contributed by atoms with Crippen LogP contribution in [0.15, 0.2) is 24.3 Å². The summed E-state index contributed by atoms with van der Waals surface area (Å²) in [4.78, 5) is 10.7. The second-order valence-electron chi connectivity index (χ2n) is 3.58. The number of benzene rings is 1. The Hall–Kier alpha value is -1.71. The Labute approximate surface area is 95.5 Å². The van der Waals surface area contributed by atoms with E-state index in [9.17, 15) is 4.79 Å². The molecule has 3 nitrogen and oxygen atoms in total. The molecule has 0 aromatic heterocycles. The van der Waals surface area contributed by atoms with Gasteiger partial charge in [-0.25, -0.2) is 0 Å². The summed E-state index contributed by atoms with van der Waals surface area (Å²) in [7, 11) is 5.79. The van der Waals surface area contributed by atoms with E-state index in [1.54, 1.807) is 6.07 Å². The van der Waals surface area contributed by atoms with Crippen molar-refractivity contribution in [1.82, 2.24) is 0 Å². The van der Waals surface area contributed by atoms with E-state index in [1.807, 2.05) is 24.3 Å². The predicted octanol–water partition coefficient (Wildman–Crippen LogP) is 0.818. The fourth-order valence-electron chi connectivity index (χ4n) is 1.53. The standard InChI is InChI=1S/C12H11BO3/c1-8(14)15-7-10-6-5-9-3-2-4-11(13)12(9)16-10/h2-6,10H,7H2,1H3. The van der Waals surface area contributed by atoms with Crippen LogP contribution in [-0.4, -0.2) is 26.5 Å². The molecule has 4 heteroatoms. The number of carbonyl (C=O) groups excluding carboxylic acids is 1. The van der Waals surface area contributed by atoms with Crippen molar-refractivity contribution in [1.29, 1.82) is 0 Å². The highest BCUT2D eigenvalue weighted by atomic mass is 16.6. The maximum atomic E-state index is 10.7. The molecule has 0 amide bonds. The van der Waals surface area contributed by atoms with Crippen LogP contribution >= 0.6 is 0 Å². The van der Waals surface area contributed by atoms with Crippen LogP contribution in [0.4, 0.5) is 0 Å². The quantitative estimate of drug-likeness (QED) is 0.540. The third-order valence-electron chi connectivity index (χ3n) is 2.29. The van der Waals surface area contributed by atoms with E-state index in [0.717, 1.165) is 5.56 Å². The molecule has 0 bridgehead atoms. The summed E-state index contributed by atoms with van der Waals surface area (Å²) in [5.41, 5.74) is 1.54. The molecule has 2 rings (SSSR count). The first-order valence-corrected chi connectivity index (χ1v) is 5.03. The van der Waals surface area contributed by atoms with Crippen LogP contribution in [0.1, 0.15) is 12.5 Å². The van der Waals surface area contributed by atoms with Crippen molar-refractivity contribution in [3.8, 4) is 5.75 Å². The molecule has 0 saturated heterocycles. The summed E-state index contributed by atoms with van der Waals surface area (Å²) >= 11 is 0. The van der Waals surface area contributed by atoms with Crippen LogP contribution in [0.2, 0.25) is 0 Å². The second kappa shape index (κ2) is 4.43.